The molecule has 1 heterocycles. The molecule has 1 aliphatic heterocycles. The highest BCUT2D eigenvalue weighted by atomic mass is 16.1. The van der Waals surface area contributed by atoms with Gasteiger partial charge in [-0.25, -0.2) is 0 Å². The van der Waals surface area contributed by atoms with Gasteiger partial charge in [0, 0.05) is 30.4 Å². The number of nitrogens with one attached hydrogen (secondary N) is 1. The summed E-state index contributed by atoms with van der Waals surface area (Å²) in [7, 11) is 0. The van der Waals surface area contributed by atoms with Crippen molar-refractivity contribution in [2.45, 2.75) is 32.6 Å². The van der Waals surface area contributed by atoms with Gasteiger partial charge in [0.25, 0.3) is 0 Å². The van der Waals surface area contributed by atoms with E-state index < -0.39 is 0 Å². The molecule has 2 aromatic rings. The van der Waals surface area contributed by atoms with Crippen LogP contribution in [-0.2, 0) is 4.79 Å². The molecule has 0 bridgehead atoms. The van der Waals surface area contributed by atoms with Gasteiger partial charge in [0.2, 0.25) is 5.91 Å². The molecule has 126 valence electrons. The Kier molecular flexibility index (Phi) is 5.19. The molecular weight excluding hydrogens is 296 g/mol. The third-order valence-corrected chi connectivity index (χ3v) is 4.83. The van der Waals surface area contributed by atoms with Crippen LogP contribution in [0.15, 0.2) is 54.6 Å². The molecule has 3 heteroatoms. The van der Waals surface area contributed by atoms with Crippen LogP contribution in [0.1, 0.15) is 38.2 Å². The predicted molar refractivity (Wildman–Crippen MR) is 101 cm³/mol. The van der Waals surface area contributed by atoms with Crippen molar-refractivity contribution in [1.82, 2.24) is 0 Å². The van der Waals surface area contributed by atoms with Gasteiger partial charge in [-0.2, -0.15) is 0 Å². The fourth-order valence-corrected chi connectivity index (χ4v) is 3.39. The van der Waals surface area contributed by atoms with Crippen LogP contribution < -0.4 is 10.2 Å². The quantitative estimate of drug-likeness (QED) is 0.887. The Bertz CT molecular complexity index is 673. The van der Waals surface area contributed by atoms with E-state index in [1.807, 2.05) is 24.3 Å². The molecule has 0 atom stereocenters. The normalized spacial score (nSPS) is 15.5. The van der Waals surface area contributed by atoms with E-state index in [4.69, 9.17) is 0 Å². The van der Waals surface area contributed by atoms with E-state index in [2.05, 4.69) is 54.4 Å². The first-order valence-corrected chi connectivity index (χ1v) is 8.85. The summed E-state index contributed by atoms with van der Waals surface area (Å²) in [5.41, 5.74) is 3.41. The highest BCUT2D eigenvalue weighted by molar-refractivity contribution is 5.93. The van der Waals surface area contributed by atoms with Crippen molar-refractivity contribution in [3.05, 3.63) is 60.2 Å². The Morgan fingerprint density at radius 1 is 1.00 bits per heavy atom. The van der Waals surface area contributed by atoms with E-state index in [0.717, 1.165) is 31.6 Å². The molecule has 24 heavy (non-hydrogen) atoms. The van der Waals surface area contributed by atoms with Crippen molar-refractivity contribution in [1.29, 1.82) is 0 Å². The molecule has 0 saturated carbocycles. The predicted octanol–water partition coefficient (Wildman–Crippen LogP) is 4.67. The third-order valence-electron chi connectivity index (χ3n) is 4.83. The number of piperidine rings is 1. The van der Waals surface area contributed by atoms with Crippen LogP contribution in [-0.4, -0.2) is 19.0 Å². The Balaban J connectivity index is 1.60. The van der Waals surface area contributed by atoms with Gasteiger partial charge in [0.05, 0.1) is 0 Å². The first-order valence-electron chi connectivity index (χ1n) is 8.85. The molecule has 1 amide bonds. The third kappa shape index (κ3) is 3.78. The minimum absolute atomic E-state index is 0.102. The molecule has 1 N–H and O–H groups in total. The van der Waals surface area contributed by atoms with Gasteiger partial charge in [-0.15, -0.1) is 0 Å². The minimum atomic E-state index is 0.102. The molecule has 3 nitrogen and oxygen atoms in total. The second-order valence-electron chi connectivity index (χ2n) is 6.83. The summed E-state index contributed by atoms with van der Waals surface area (Å²) in [6.45, 7) is 6.19. The zero-order valence-electron chi connectivity index (χ0n) is 14.5. The van der Waals surface area contributed by atoms with E-state index >= 15 is 0 Å². The van der Waals surface area contributed by atoms with Crippen molar-refractivity contribution < 1.29 is 4.79 Å². The van der Waals surface area contributed by atoms with Crippen LogP contribution in [0.25, 0.3) is 0 Å². The Morgan fingerprint density at radius 3 is 2.29 bits per heavy atom. The fraction of sp³-hybridized carbons (Fsp3) is 0.381. The maximum absolute atomic E-state index is 12.7. The van der Waals surface area contributed by atoms with Gasteiger partial charge in [-0.3, -0.25) is 4.79 Å². The first-order chi connectivity index (χ1) is 11.6. The summed E-state index contributed by atoms with van der Waals surface area (Å²) in [5, 5.41) is 3.16. The van der Waals surface area contributed by atoms with Crippen molar-refractivity contribution in [3.8, 4) is 0 Å². The van der Waals surface area contributed by atoms with Gasteiger partial charge < -0.3 is 10.2 Å². The van der Waals surface area contributed by atoms with Crippen molar-refractivity contribution in [2.75, 3.05) is 23.3 Å². The summed E-state index contributed by atoms with van der Waals surface area (Å²) in [5.74, 6) is 0.669. The largest absolute Gasteiger partial charge is 0.371 e. The molecule has 0 aromatic heterocycles. The lowest BCUT2D eigenvalue weighted by Crippen LogP contribution is -2.38. The molecule has 1 fully saturated rings. The van der Waals surface area contributed by atoms with Gasteiger partial charge in [0.15, 0.2) is 0 Å². The van der Waals surface area contributed by atoms with E-state index in [9.17, 15) is 4.79 Å². The number of hydrogen-bond donors (Lipinski definition) is 1. The highest BCUT2D eigenvalue weighted by Gasteiger charge is 2.25. The maximum atomic E-state index is 12.7. The van der Waals surface area contributed by atoms with Gasteiger partial charge in [0.1, 0.15) is 0 Å². The summed E-state index contributed by atoms with van der Waals surface area (Å²) in [6.07, 6.45) is 1.81. The second kappa shape index (κ2) is 7.52. The zero-order valence-corrected chi connectivity index (χ0v) is 14.5. The molecule has 2 aromatic carbocycles. The summed E-state index contributed by atoms with van der Waals surface area (Å²) < 4.78 is 0. The van der Waals surface area contributed by atoms with Gasteiger partial charge in [-0.1, -0.05) is 50.2 Å². The van der Waals surface area contributed by atoms with Crippen LogP contribution in [0.2, 0.25) is 0 Å². The Morgan fingerprint density at radius 2 is 1.62 bits per heavy atom. The van der Waals surface area contributed by atoms with E-state index in [-0.39, 0.29) is 11.8 Å². The standard InChI is InChI=1S/C21H26N2O/c1-16(2)19-10-6-7-11-20(19)22-21(24)17-12-14-23(15-13-17)18-8-4-3-5-9-18/h3-11,16-17H,12-15H2,1-2H3,(H,22,24). The molecule has 1 aliphatic rings. The van der Waals surface area contributed by atoms with Crippen LogP contribution in [0, 0.1) is 5.92 Å². The highest BCUT2D eigenvalue weighted by Crippen LogP contribution is 2.27. The number of nitrogens with zero attached hydrogens (tertiary/aromatic N) is 1. The number of para-hydroxylation sites is 2. The molecule has 0 spiro atoms. The number of carbonyl (C=O) groups is 1. The number of benzene rings is 2. The van der Waals surface area contributed by atoms with Crippen LogP contribution >= 0.6 is 0 Å². The summed E-state index contributed by atoms with van der Waals surface area (Å²) in [6, 6.07) is 18.6. The van der Waals surface area contributed by atoms with E-state index in [0.29, 0.717) is 5.92 Å². The molecule has 0 aliphatic carbocycles. The topological polar surface area (TPSA) is 32.3 Å². The van der Waals surface area contributed by atoms with Crippen LogP contribution in [0.3, 0.4) is 0 Å². The molecule has 0 unspecified atom stereocenters. The maximum Gasteiger partial charge on any atom is 0.227 e. The first kappa shape index (κ1) is 16.6. The molecule has 3 rings (SSSR count). The number of amides is 1. The SMILES string of the molecule is CC(C)c1ccccc1NC(=O)C1CCN(c2ccccc2)CC1. The molecule has 1 saturated heterocycles. The van der Waals surface area contributed by atoms with Crippen molar-refractivity contribution >= 4 is 17.3 Å². The van der Waals surface area contributed by atoms with Gasteiger partial charge >= 0.3 is 0 Å². The lowest BCUT2D eigenvalue weighted by molar-refractivity contribution is -0.120. The second-order valence-corrected chi connectivity index (χ2v) is 6.83. The average molecular weight is 322 g/mol. The van der Waals surface area contributed by atoms with Crippen LogP contribution in [0.5, 0.6) is 0 Å². The lowest BCUT2D eigenvalue weighted by atomic mass is 9.94. The lowest BCUT2D eigenvalue weighted by Gasteiger charge is -2.33. The van der Waals surface area contributed by atoms with E-state index in [1.54, 1.807) is 0 Å². The number of carbonyl (C=O) groups excluding carboxylic acids is 1. The van der Waals surface area contributed by atoms with Crippen LogP contribution in [0.4, 0.5) is 11.4 Å². The monoisotopic (exact) mass is 322 g/mol. The number of hydrogen-bond acceptors (Lipinski definition) is 2. The van der Waals surface area contributed by atoms with Crippen molar-refractivity contribution in [3.63, 3.8) is 0 Å². The van der Waals surface area contributed by atoms with Crippen molar-refractivity contribution in [2.24, 2.45) is 5.92 Å². The average Bonchev–Trinajstić information content (AvgIpc) is 2.63. The van der Waals surface area contributed by atoms with Gasteiger partial charge in [-0.05, 0) is 42.5 Å². The molecular formula is C21H26N2O. The summed E-state index contributed by atoms with van der Waals surface area (Å²) >= 11 is 0. The minimum Gasteiger partial charge on any atom is -0.371 e. The Labute approximate surface area is 144 Å². The smallest absolute Gasteiger partial charge is 0.227 e. The molecule has 0 radical (unpaired) electrons. The number of anilines is 2. The Hall–Kier alpha value is -2.29. The number of rotatable bonds is 4. The summed E-state index contributed by atoms with van der Waals surface area (Å²) in [4.78, 5) is 15.0. The zero-order chi connectivity index (χ0) is 16.9. The fourth-order valence-electron chi connectivity index (χ4n) is 3.39. The van der Waals surface area contributed by atoms with E-state index in [1.165, 1.54) is 11.3 Å².